The van der Waals surface area contributed by atoms with Crippen LogP contribution >= 0.6 is 0 Å². The van der Waals surface area contributed by atoms with Crippen LogP contribution in [0.1, 0.15) is 25.7 Å². The first-order chi connectivity index (χ1) is 7.29. The number of amides is 1. The zero-order chi connectivity index (χ0) is 10.7. The van der Waals surface area contributed by atoms with Crippen molar-refractivity contribution in [1.29, 1.82) is 0 Å². The third-order valence-corrected chi connectivity index (χ3v) is 3.30. The maximum Gasteiger partial charge on any atom is 0.234 e. The van der Waals surface area contributed by atoms with E-state index in [-0.39, 0.29) is 5.91 Å². The molecule has 1 aliphatic carbocycles. The highest BCUT2D eigenvalue weighted by molar-refractivity contribution is 5.78. The molecule has 0 atom stereocenters. The topological polar surface area (TPSA) is 44.4 Å². The summed E-state index contributed by atoms with van der Waals surface area (Å²) in [6.07, 6.45) is 5.01. The number of carbonyl (C=O) groups is 1. The fourth-order valence-corrected chi connectivity index (χ4v) is 2.29. The Kier molecular flexibility index (Phi) is 3.59. The molecular formula is C11H21N3O. The average Bonchev–Trinajstić information content (AvgIpc) is 3.03. The summed E-state index contributed by atoms with van der Waals surface area (Å²) in [5.74, 6) is 0.127. The van der Waals surface area contributed by atoms with Crippen LogP contribution in [-0.2, 0) is 4.79 Å². The Balaban J connectivity index is 1.66. The van der Waals surface area contributed by atoms with Gasteiger partial charge in [-0.1, -0.05) is 0 Å². The summed E-state index contributed by atoms with van der Waals surface area (Å²) in [5.41, 5.74) is 0. The summed E-state index contributed by atoms with van der Waals surface area (Å²) < 4.78 is 0. The lowest BCUT2D eigenvalue weighted by Crippen LogP contribution is -2.47. The molecule has 4 nitrogen and oxygen atoms in total. The molecule has 0 radical (unpaired) electrons. The molecule has 2 N–H and O–H groups in total. The number of hydrogen-bond donors (Lipinski definition) is 2. The van der Waals surface area contributed by atoms with Crippen LogP contribution in [0.4, 0.5) is 0 Å². The molecule has 1 heterocycles. The normalized spacial score (nSPS) is 24.1. The second-order valence-corrected chi connectivity index (χ2v) is 4.64. The van der Waals surface area contributed by atoms with Gasteiger partial charge in [-0.3, -0.25) is 4.79 Å². The molecule has 1 saturated heterocycles. The molecule has 0 aromatic carbocycles. The van der Waals surface area contributed by atoms with Crippen LogP contribution in [0.5, 0.6) is 0 Å². The van der Waals surface area contributed by atoms with Crippen molar-refractivity contribution in [2.24, 2.45) is 0 Å². The minimum Gasteiger partial charge on any atom is -0.352 e. The molecule has 2 rings (SSSR count). The van der Waals surface area contributed by atoms with Crippen LogP contribution in [-0.4, -0.2) is 49.6 Å². The smallest absolute Gasteiger partial charge is 0.234 e. The van der Waals surface area contributed by atoms with Crippen LogP contribution in [0, 0.1) is 0 Å². The minimum atomic E-state index is 0.127. The highest BCUT2D eigenvalue weighted by atomic mass is 16.1. The SMILES string of the molecule is CNCC(=O)NC1CCN(C2CC2)CC1. The third-order valence-electron chi connectivity index (χ3n) is 3.30. The predicted octanol–water partition coefficient (Wildman–Crippen LogP) is -0.0512. The zero-order valence-corrected chi connectivity index (χ0v) is 9.46. The summed E-state index contributed by atoms with van der Waals surface area (Å²) in [4.78, 5) is 13.9. The van der Waals surface area contributed by atoms with E-state index in [9.17, 15) is 4.79 Å². The molecule has 15 heavy (non-hydrogen) atoms. The van der Waals surface area contributed by atoms with E-state index in [1.165, 1.54) is 12.8 Å². The number of nitrogens with zero attached hydrogens (tertiary/aromatic N) is 1. The summed E-state index contributed by atoms with van der Waals surface area (Å²) in [7, 11) is 1.80. The lowest BCUT2D eigenvalue weighted by Gasteiger charge is -2.32. The number of nitrogens with one attached hydrogen (secondary N) is 2. The second kappa shape index (κ2) is 4.94. The number of likely N-dealkylation sites (N-methyl/N-ethyl adjacent to an activating group) is 1. The van der Waals surface area contributed by atoms with Crippen molar-refractivity contribution in [1.82, 2.24) is 15.5 Å². The van der Waals surface area contributed by atoms with E-state index in [0.29, 0.717) is 12.6 Å². The Hall–Kier alpha value is -0.610. The van der Waals surface area contributed by atoms with Crippen molar-refractivity contribution < 1.29 is 4.79 Å². The van der Waals surface area contributed by atoms with E-state index in [0.717, 1.165) is 32.0 Å². The fraction of sp³-hybridized carbons (Fsp3) is 0.909. The first-order valence-electron chi connectivity index (χ1n) is 5.97. The highest BCUT2D eigenvalue weighted by Gasteiger charge is 2.31. The molecule has 2 fully saturated rings. The van der Waals surface area contributed by atoms with Gasteiger partial charge in [-0.15, -0.1) is 0 Å². The zero-order valence-electron chi connectivity index (χ0n) is 9.46. The van der Waals surface area contributed by atoms with Crippen LogP contribution in [0.15, 0.2) is 0 Å². The van der Waals surface area contributed by atoms with Gasteiger partial charge >= 0.3 is 0 Å². The van der Waals surface area contributed by atoms with Gasteiger partial charge in [-0.05, 0) is 32.7 Å². The molecule has 86 valence electrons. The lowest BCUT2D eigenvalue weighted by atomic mass is 10.0. The molecular weight excluding hydrogens is 190 g/mol. The Morgan fingerprint density at radius 1 is 1.27 bits per heavy atom. The Morgan fingerprint density at radius 3 is 2.47 bits per heavy atom. The standard InChI is InChI=1S/C11H21N3O/c1-12-8-11(15)13-9-4-6-14(7-5-9)10-2-3-10/h9-10,12H,2-8H2,1H3,(H,13,15). The molecule has 2 aliphatic rings. The van der Waals surface area contributed by atoms with E-state index in [4.69, 9.17) is 0 Å². The molecule has 0 aromatic heterocycles. The van der Waals surface area contributed by atoms with Crippen LogP contribution in [0.2, 0.25) is 0 Å². The van der Waals surface area contributed by atoms with E-state index in [1.807, 2.05) is 0 Å². The Labute approximate surface area is 91.4 Å². The van der Waals surface area contributed by atoms with Gasteiger partial charge < -0.3 is 15.5 Å². The molecule has 0 spiro atoms. The molecule has 1 aliphatic heterocycles. The van der Waals surface area contributed by atoms with Gasteiger partial charge in [0.2, 0.25) is 5.91 Å². The van der Waals surface area contributed by atoms with Gasteiger partial charge in [0.15, 0.2) is 0 Å². The van der Waals surface area contributed by atoms with Crippen molar-refractivity contribution >= 4 is 5.91 Å². The largest absolute Gasteiger partial charge is 0.352 e. The first kappa shape index (κ1) is 10.9. The molecule has 1 saturated carbocycles. The van der Waals surface area contributed by atoms with E-state index in [1.54, 1.807) is 7.05 Å². The van der Waals surface area contributed by atoms with Gasteiger partial charge in [0, 0.05) is 25.2 Å². The molecule has 0 bridgehead atoms. The maximum atomic E-state index is 11.4. The average molecular weight is 211 g/mol. The number of hydrogen-bond acceptors (Lipinski definition) is 3. The van der Waals surface area contributed by atoms with E-state index < -0.39 is 0 Å². The van der Waals surface area contributed by atoms with Crippen molar-refractivity contribution in [3.63, 3.8) is 0 Å². The monoisotopic (exact) mass is 211 g/mol. The van der Waals surface area contributed by atoms with Crippen LogP contribution < -0.4 is 10.6 Å². The summed E-state index contributed by atoms with van der Waals surface area (Å²) in [6, 6.07) is 1.28. The fourth-order valence-electron chi connectivity index (χ4n) is 2.29. The summed E-state index contributed by atoms with van der Waals surface area (Å²) in [6.45, 7) is 2.76. The summed E-state index contributed by atoms with van der Waals surface area (Å²) in [5, 5.41) is 5.94. The van der Waals surface area contributed by atoms with Gasteiger partial charge in [0.25, 0.3) is 0 Å². The first-order valence-corrected chi connectivity index (χ1v) is 5.97. The summed E-state index contributed by atoms with van der Waals surface area (Å²) >= 11 is 0. The van der Waals surface area contributed by atoms with Crippen molar-refractivity contribution in [3.8, 4) is 0 Å². The van der Waals surface area contributed by atoms with Gasteiger partial charge in [0.1, 0.15) is 0 Å². The van der Waals surface area contributed by atoms with E-state index >= 15 is 0 Å². The molecule has 1 amide bonds. The number of rotatable bonds is 4. The number of piperidine rings is 1. The van der Waals surface area contributed by atoms with Crippen LogP contribution in [0.3, 0.4) is 0 Å². The highest BCUT2D eigenvalue weighted by Crippen LogP contribution is 2.29. The van der Waals surface area contributed by atoms with Crippen molar-refractivity contribution in [3.05, 3.63) is 0 Å². The molecule has 0 aromatic rings. The van der Waals surface area contributed by atoms with E-state index in [2.05, 4.69) is 15.5 Å². The van der Waals surface area contributed by atoms with Crippen molar-refractivity contribution in [2.75, 3.05) is 26.7 Å². The third kappa shape index (κ3) is 3.18. The van der Waals surface area contributed by atoms with Crippen molar-refractivity contribution in [2.45, 2.75) is 37.8 Å². The number of likely N-dealkylation sites (tertiary alicyclic amines) is 1. The second-order valence-electron chi connectivity index (χ2n) is 4.64. The Morgan fingerprint density at radius 2 is 1.93 bits per heavy atom. The van der Waals surface area contributed by atoms with Crippen LogP contribution in [0.25, 0.3) is 0 Å². The van der Waals surface area contributed by atoms with Gasteiger partial charge in [-0.25, -0.2) is 0 Å². The molecule has 4 heteroatoms. The predicted molar refractivity (Wildman–Crippen MR) is 59.7 cm³/mol. The lowest BCUT2D eigenvalue weighted by molar-refractivity contribution is -0.121. The minimum absolute atomic E-state index is 0.127. The van der Waals surface area contributed by atoms with Gasteiger partial charge in [-0.2, -0.15) is 0 Å². The Bertz CT molecular complexity index is 220. The quantitative estimate of drug-likeness (QED) is 0.685. The molecule has 0 unspecified atom stereocenters. The maximum absolute atomic E-state index is 11.4. The number of carbonyl (C=O) groups excluding carboxylic acids is 1. The van der Waals surface area contributed by atoms with Gasteiger partial charge in [0.05, 0.1) is 6.54 Å².